The number of alkyl carbamates (subject to hydrolysis) is 2. The first-order valence-corrected chi connectivity index (χ1v) is 23.8. The lowest BCUT2D eigenvalue weighted by molar-refractivity contribution is -0.181. The third kappa shape index (κ3) is 18.7. The van der Waals surface area contributed by atoms with E-state index in [0.717, 1.165) is 19.8 Å². The highest BCUT2D eigenvalue weighted by Crippen LogP contribution is 2.25. The molecule has 402 valence electrons. The second-order valence-corrected chi connectivity index (χ2v) is 20.1. The van der Waals surface area contributed by atoms with Crippen LogP contribution in [0, 0.1) is 34.2 Å². The fraction of sp³-hybridized carbons (Fsp3) is 0.453. The van der Waals surface area contributed by atoms with E-state index >= 15 is 0 Å². The maximum Gasteiger partial charge on any atom is 0.511 e. The molecule has 21 heteroatoms. The van der Waals surface area contributed by atoms with Crippen molar-refractivity contribution in [3.05, 3.63) is 125 Å². The number of rotatable bonds is 22. The van der Waals surface area contributed by atoms with Crippen LogP contribution < -0.4 is 27.1 Å². The first-order chi connectivity index (χ1) is 34.8. The molecule has 0 spiro atoms. The van der Waals surface area contributed by atoms with Gasteiger partial charge in [0.15, 0.2) is 11.6 Å². The Kier molecular flexibility index (Phi) is 21.8. The maximum atomic E-state index is 14.5. The van der Waals surface area contributed by atoms with Gasteiger partial charge in [0.25, 0.3) is 12.2 Å². The quantitative estimate of drug-likeness (QED) is 0.0171. The second-order valence-electron chi connectivity index (χ2n) is 20.1. The van der Waals surface area contributed by atoms with E-state index in [1.165, 1.54) is 5.01 Å². The number of carbonyl (C=O) groups is 6. The lowest BCUT2D eigenvalue weighted by atomic mass is 9.85. The third-order valence-corrected chi connectivity index (χ3v) is 11.4. The van der Waals surface area contributed by atoms with Gasteiger partial charge >= 0.3 is 24.3 Å². The number of aromatic nitrogens is 1. The van der Waals surface area contributed by atoms with E-state index in [4.69, 9.17) is 29.4 Å². The number of amides is 4. The van der Waals surface area contributed by atoms with Gasteiger partial charge in [-0.3, -0.25) is 24.8 Å². The third-order valence-electron chi connectivity index (χ3n) is 11.4. The minimum absolute atomic E-state index is 0.00623. The molecule has 0 radical (unpaired) electrons. The standard InChI is InChI=1S/C53H68F3N7O11/c1-31(2)48(73-43(64)27-36(57)25-35-26-38(55)39(56)28-37(35)54)74-51(69)72-42(41(24-32-16-12-11-13-17-32)59-46(65)44(52(3,4)5)60-49(67)70-9)30-63(62-47(66)45(53(6,7)8)61-50(68)71-10)29-33-19-21-34(22-20-33)40-18-14-15-23-58-40/h11-23,26,28,31,36,41-42,44-45,48H,24-25,27,29-30,57H2,1-10H3,(H,59,65)(H,60,67)(H,61,68)(H,62,66)/t36-,41+,42+,44-,45-,48?/m1/s1. The molecule has 1 unspecified atom stereocenters. The molecule has 0 bridgehead atoms. The van der Waals surface area contributed by atoms with Crippen molar-refractivity contribution in [3.63, 3.8) is 0 Å². The Morgan fingerprint density at radius 2 is 1.26 bits per heavy atom. The van der Waals surface area contributed by atoms with Gasteiger partial charge in [-0.25, -0.2) is 32.6 Å². The van der Waals surface area contributed by atoms with E-state index < -0.39 is 113 Å². The molecule has 3 aromatic carbocycles. The molecule has 0 aliphatic carbocycles. The number of esters is 1. The fourth-order valence-corrected chi connectivity index (χ4v) is 7.49. The highest BCUT2D eigenvalue weighted by molar-refractivity contribution is 5.87. The number of methoxy groups -OCH3 is 2. The summed E-state index contributed by atoms with van der Waals surface area (Å²) in [6.07, 6.45) is -5.48. The van der Waals surface area contributed by atoms with E-state index in [1.807, 2.05) is 24.3 Å². The van der Waals surface area contributed by atoms with Crippen molar-refractivity contribution in [1.29, 1.82) is 0 Å². The molecule has 0 fully saturated rings. The normalized spacial score (nSPS) is 14.1. The Hall–Kier alpha value is -7.26. The SMILES string of the molecule is COC(=O)N[C@H](C(=O)N[C@@H](Cc1ccccc1)[C@H](CN(Cc1ccc(-c2ccccn2)cc1)NC(=O)[C@@H](NC(=O)OC)C(C)(C)C)OC(=O)OC(OC(=O)C[C@H](N)Cc1cc(F)c(F)cc1F)C(C)C)C(C)(C)C. The summed E-state index contributed by atoms with van der Waals surface area (Å²) in [5.74, 6) is -6.84. The van der Waals surface area contributed by atoms with Crippen molar-refractivity contribution in [3.8, 4) is 11.3 Å². The predicted octanol–water partition coefficient (Wildman–Crippen LogP) is 7.28. The van der Waals surface area contributed by atoms with Crippen molar-refractivity contribution in [2.75, 3.05) is 20.8 Å². The van der Waals surface area contributed by atoms with Gasteiger partial charge < -0.3 is 45.4 Å². The molecule has 74 heavy (non-hydrogen) atoms. The monoisotopic (exact) mass is 1040 g/mol. The molecule has 0 aliphatic rings. The number of halogens is 3. The number of hydrazine groups is 1. The van der Waals surface area contributed by atoms with Crippen LogP contribution in [0.4, 0.5) is 27.6 Å². The van der Waals surface area contributed by atoms with Gasteiger partial charge in [0.2, 0.25) is 5.91 Å². The zero-order valence-electron chi connectivity index (χ0n) is 43.3. The van der Waals surface area contributed by atoms with E-state index in [2.05, 4.69) is 26.4 Å². The van der Waals surface area contributed by atoms with E-state index in [-0.39, 0.29) is 31.5 Å². The van der Waals surface area contributed by atoms with Crippen LogP contribution in [-0.2, 0) is 57.5 Å². The first-order valence-electron chi connectivity index (χ1n) is 23.8. The van der Waals surface area contributed by atoms with Gasteiger partial charge in [0.1, 0.15) is 24.0 Å². The number of ether oxygens (including phenoxy) is 5. The minimum Gasteiger partial charge on any atom is -0.453 e. The Morgan fingerprint density at radius 3 is 1.81 bits per heavy atom. The van der Waals surface area contributed by atoms with Crippen molar-refractivity contribution in [2.24, 2.45) is 22.5 Å². The zero-order valence-corrected chi connectivity index (χ0v) is 43.3. The minimum atomic E-state index is -1.61. The topological polar surface area (TPSA) is 239 Å². The van der Waals surface area contributed by atoms with Crippen molar-refractivity contribution >= 4 is 36.1 Å². The van der Waals surface area contributed by atoms with Crippen LogP contribution in [-0.4, -0.2) is 103 Å². The number of benzene rings is 3. The highest BCUT2D eigenvalue weighted by atomic mass is 19.2. The summed E-state index contributed by atoms with van der Waals surface area (Å²) >= 11 is 0. The lowest BCUT2D eigenvalue weighted by Gasteiger charge is -2.37. The number of carbonyl (C=O) groups excluding carboxylic acids is 6. The van der Waals surface area contributed by atoms with E-state index in [9.17, 15) is 41.9 Å². The van der Waals surface area contributed by atoms with Crippen molar-refractivity contribution < 1.29 is 65.6 Å². The molecule has 6 N–H and O–H groups in total. The van der Waals surface area contributed by atoms with Crippen LogP contribution in [0.3, 0.4) is 0 Å². The summed E-state index contributed by atoms with van der Waals surface area (Å²) in [5.41, 5.74) is 9.74. The van der Waals surface area contributed by atoms with Gasteiger partial charge in [-0.15, -0.1) is 0 Å². The summed E-state index contributed by atoms with van der Waals surface area (Å²) in [7, 11) is 2.30. The summed E-state index contributed by atoms with van der Waals surface area (Å²) in [5, 5.41) is 9.56. The van der Waals surface area contributed by atoms with Crippen LogP contribution in [0.15, 0.2) is 91.1 Å². The number of hydrogen-bond donors (Lipinski definition) is 5. The van der Waals surface area contributed by atoms with Crippen molar-refractivity contribution in [1.82, 2.24) is 31.4 Å². The molecule has 4 aromatic rings. The number of hydrogen-bond acceptors (Lipinski definition) is 14. The molecule has 4 amide bonds. The van der Waals surface area contributed by atoms with Gasteiger partial charge in [-0.1, -0.05) is 116 Å². The van der Waals surface area contributed by atoms with E-state index in [0.29, 0.717) is 29.0 Å². The first kappa shape index (κ1) is 59.3. The number of nitrogens with zero attached hydrogens (tertiary/aromatic N) is 2. The summed E-state index contributed by atoms with van der Waals surface area (Å²) in [6.45, 7) is 13.0. The number of nitrogens with one attached hydrogen (secondary N) is 4. The van der Waals surface area contributed by atoms with Gasteiger partial charge in [0, 0.05) is 36.3 Å². The molecule has 4 rings (SSSR count). The molecule has 18 nitrogen and oxygen atoms in total. The Bertz CT molecular complexity index is 2510. The Morgan fingerprint density at radius 1 is 0.676 bits per heavy atom. The molecule has 0 aliphatic heterocycles. The smallest absolute Gasteiger partial charge is 0.453 e. The second kappa shape index (κ2) is 27.2. The Labute approximate surface area is 429 Å². The Balaban J connectivity index is 1.78. The average Bonchev–Trinajstić information content (AvgIpc) is 3.33. The van der Waals surface area contributed by atoms with Crippen LogP contribution in [0.25, 0.3) is 11.3 Å². The molecular weight excluding hydrogens is 968 g/mol. The molecular formula is C53H68F3N7O11. The summed E-state index contributed by atoms with van der Waals surface area (Å²) in [4.78, 5) is 86.0. The van der Waals surface area contributed by atoms with Gasteiger partial charge in [-0.2, -0.15) is 0 Å². The van der Waals surface area contributed by atoms with Crippen molar-refractivity contribution in [2.45, 2.75) is 118 Å². The summed E-state index contributed by atoms with van der Waals surface area (Å²) in [6, 6.07) is 17.9. The van der Waals surface area contributed by atoms with Crippen LogP contribution in [0.5, 0.6) is 0 Å². The molecule has 6 atom stereocenters. The molecule has 1 aromatic heterocycles. The fourth-order valence-electron chi connectivity index (χ4n) is 7.49. The maximum absolute atomic E-state index is 14.5. The average molecular weight is 1040 g/mol. The van der Waals surface area contributed by atoms with Gasteiger partial charge in [0.05, 0.1) is 38.9 Å². The summed E-state index contributed by atoms with van der Waals surface area (Å²) < 4.78 is 68.9. The zero-order chi connectivity index (χ0) is 54.9. The number of pyridine rings is 1. The molecule has 1 heterocycles. The largest absolute Gasteiger partial charge is 0.511 e. The van der Waals surface area contributed by atoms with Crippen LogP contribution >= 0.6 is 0 Å². The van der Waals surface area contributed by atoms with E-state index in [1.54, 1.807) is 110 Å². The predicted molar refractivity (Wildman–Crippen MR) is 267 cm³/mol. The number of nitrogens with two attached hydrogens (primary N) is 1. The lowest BCUT2D eigenvalue weighted by Crippen LogP contribution is -2.61. The highest BCUT2D eigenvalue weighted by Gasteiger charge is 2.39. The molecule has 0 saturated heterocycles. The van der Waals surface area contributed by atoms with Crippen LogP contribution in [0.2, 0.25) is 0 Å². The molecule has 0 saturated carbocycles. The van der Waals surface area contributed by atoms with Crippen LogP contribution in [0.1, 0.15) is 78.5 Å². The van der Waals surface area contributed by atoms with Gasteiger partial charge in [-0.05, 0) is 58.6 Å².